The van der Waals surface area contributed by atoms with E-state index in [-0.39, 0.29) is 10.6 Å². The van der Waals surface area contributed by atoms with E-state index in [9.17, 15) is 10.1 Å². The van der Waals surface area contributed by atoms with Gasteiger partial charge in [-0.15, -0.1) is 0 Å². The summed E-state index contributed by atoms with van der Waals surface area (Å²) in [5, 5.41) is 14.3. The summed E-state index contributed by atoms with van der Waals surface area (Å²) in [4.78, 5) is 10.5. The maximum atomic E-state index is 10.8. The number of benzene rings is 1. The molecule has 0 saturated carbocycles. The lowest BCUT2D eigenvalue weighted by Crippen LogP contribution is -2.25. The first-order chi connectivity index (χ1) is 10.1. The lowest BCUT2D eigenvalue weighted by Gasteiger charge is -2.15. The van der Waals surface area contributed by atoms with Crippen molar-refractivity contribution < 1.29 is 9.66 Å². The second kappa shape index (κ2) is 9.34. The number of unbranched alkanes of at least 4 members (excludes halogenated alkanes) is 3. The van der Waals surface area contributed by atoms with Crippen LogP contribution in [-0.4, -0.2) is 18.1 Å². The molecule has 1 N–H and O–H groups in total. The monoisotopic (exact) mass is 294 g/mol. The van der Waals surface area contributed by atoms with Gasteiger partial charge in [0.15, 0.2) is 0 Å². The van der Waals surface area contributed by atoms with Crippen molar-refractivity contribution in [3.63, 3.8) is 0 Å². The number of ether oxygens (including phenoxy) is 1. The smallest absolute Gasteiger partial charge is 0.270 e. The van der Waals surface area contributed by atoms with Gasteiger partial charge in [0, 0.05) is 30.3 Å². The number of nitrogens with one attached hydrogen (secondary N) is 1. The topological polar surface area (TPSA) is 64.4 Å². The summed E-state index contributed by atoms with van der Waals surface area (Å²) in [7, 11) is 1.58. The highest BCUT2D eigenvalue weighted by Gasteiger charge is 2.12. The van der Waals surface area contributed by atoms with Crippen molar-refractivity contribution in [1.29, 1.82) is 0 Å². The van der Waals surface area contributed by atoms with Crippen molar-refractivity contribution in [3.05, 3.63) is 33.9 Å². The van der Waals surface area contributed by atoms with Gasteiger partial charge in [0.05, 0.1) is 12.0 Å². The van der Waals surface area contributed by atoms with Crippen LogP contribution in [-0.2, 0) is 6.54 Å². The van der Waals surface area contributed by atoms with Crippen molar-refractivity contribution in [2.75, 3.05) is 7.11 Å². The summed E-state index contributed by atoms with van der Waals surface area (Å²) in [6.45, 7) is 4.94. The first-order valence-electron chi connectivity index (χ1n) is 7.63. The van der Waals surface area contributed by atoms with Gasteiger partial charge in [-0.05, 0) is 19.4 Å². The predicted octanol–water partition coefficient (Wildman–Crippen LogP) is 4.05. The third kappa shape index (κ3) is 6.12. The van der Waals surface area contributed by atoms with E-state index in [0.717, 1.165) is 12.0 Å². The molecule has 0 fully saturated rings. The fraction of sp³-hybridized carbons (Fsp3) is 0.625. The van der Waals surface area contributed by atoms with Crippen molar-refractivity contribution >= 4 is 5.69 Å². The van der Waals surface area contributed by atoms with Gasteiger partial charge < -0.3 is 10.1 Å². The summed E-state index contributed by atoms with van der Waals surface area (Å²) >= 11 is 0. The lowest BCUT2D eigenvalue weighted by atomic mass is 10.1. The molecule has 0 aromatic heterocycles. The van der Waals surface area contributed by atoms with E-state index in [4.69, 9.17) is 4.74 Å². The molecule has 1 atom stereocenters. The molecule has 1 aromatic carbocycles. The van der Waals surface area contributed by atoms with Crippen LogP contribution in [0.2, 0.25) is 0 Å². The van der Waals surface area contributed by atoms with E-state index in [2.05, 4.69) is 19.2 Å². The minimum Gasteiger partial charge on any atom is -0.496 e. The molecule has 1 unspecified atom stereocenters. The zero-order valence-corrected chi connectivity index (χ0v) is 13.2. The quantitative estimate of drug-likeness (QED) is 0.401. The number of non-ortho nitro benzene ring substituents is 1. The maximum absolute atomic E-state index is 10.8. The number of hydrogen-bond donors (Lipinski definition) is 1. The van der Waals surface area contributed by atoms with Gasteiger partial charge in [-0.1, -0.05) is 32.6 Å². The minimum atomic E-state index is -0.378. The van der Waals surface area contributed by atoms with Crippen LogP contribution in [0.1, 0.15) is 51.5 Å². The Morgan fingerprint density at radius 1 is 1.33 bits per heavy atom. The van der Waals surface area contributed by atoms with Crippen LogP contribution in [0.25, 0.3) is 0 Å². The highest BCUT2D eigenvalue weighted by atomic mass is 16.6. The molecule has 0 spiro atoms. The summed E-state index contributed by atoms with van der Waals surface area (Å²) in [5.41, 5.74) is 0.926. The maximum Gasteiger partial charge on any atom is 0.270 e. The molecule has 0 radical (unpaired) electrons. The Kier molecular flexibility index (Phi) is 7.75. The van der Waals surface area contributed by atoms with E-state index >= 15 is 0 Å². The molecule has 1 rings (SSSR count). The fourth-order valence-electron chi connectivity index (χ4n) is 2.28. The van der Waals surface area contributed by atoms with Crippen LogP contribution in [0.4, 0.5) is 5.69 Å². The van der Waals surface area contributed by atoms with Crippen molar-refractivity contribution in [2.45, 2.75) is 58.5 Å². The van der Waals surface area contributed by atoms with Gasteiger partial charge in [0.1, 0.15) is 5.75 Å². The molecule has 0 saturated heterocycles. The normalized spacial score (nSPS) is 12.1. The Bertz CT molecular complexity index is 449. The molecular formula is C16H26N2O3. The molecule has 21 heavy (non-hydrogen) atoms. The molecular weight excluding hydrogens is 268 g/mol. The third-order valence-electron chi connectivity index (χ3n) is 3.61. The van der Waals surface area contributed by atoms with E-state index in [1.807, 2.05) is 0 Å². The van der Waals surface area contributed by atoms with Crippen LogP contribution in [0.15, 0.2) is 18.2 Å². The molecule has 0 heterocycles. The van der Waals surface area contributed by atoms with Gasteiger partial charge in [0.2, 0.25) is 0 Å². The molecule has 0 aliphatic rings. The lowest BCUT2D eigenvalue weighted by molar-refractivity contribution is -0.384. The second-order valence-electron chi connectivity index (χ2n) is 5.38. The van der Waals surface area contributed by atoms with E-state index in [1.54, 1.807) is 19.2 Å². The number of methoxy groups -OCH3 is 1. The average Bonchev–Trinajstić information content (AvgIpc) is 2.49. The van der Waals surface area contributed by atoms with Gasteiger partial charge >= 0.3 is 0 Å². The highest BCUT2D eigenvalue weighted by Crippen LogP contribution is 2.24. The van der Waals surface area contributed by atoms with Crippen molar-refractivity contribution in [3.8, 4) is 5.75 Å². The molecule has 0 bridgehead atoms. The molecule has 118 valence electrons. The molecule has 0 aliphatic carbocycles. The van der Waals surface area contributed by atoms with E-state index in [0.29, 0.717) is 18.3 Å². The van der Waals surface area contributed by atoms with Crippen LogP contribution < -0.4 is 10.1 Å². The van der Waals surface area contributed by atoms with Crippen LogP contribution in [0.5, 0.6) is 5.75 Å². The molecule has 5 nitrogen and oxygen atoms in total. The largest absolute Gasteiger partial charge is 0.496 e. The van der Waals surface area contributed by atoms with Gasteiger partial charge in [0.25, 0.3) is 5.69 Å². The number of hydrogen-bond acceptors (Lipinski definition) is 4. The SMILES string of the molecule is CCCCCCC(C)NCc1cc([N+](=O)[O-])ccc1OC. The van der Waals surface area contributed by atoms with Gasteiger partial charge in [-0.25, -0.2) is 0 Å². The zero-order chi connectivity index (χ0) is 15.7. The van der Waals surface area contributed by atoms with E-state index in [1.165, 1.54) is 31.7 Å². The van der Waals surface area contributed by atoms with Crippen LogP contribution in [0, 0.1) is 10.1 Å². The van der Waals surface area contributed by atoms with Crippen LogP contribution >= 0.6 is 0 Å². The van der Waals surface area contributed by atoms with Gasteiger partial charge in [-0.2, -0.15) is 0 Å². The minimum absolute atomic E-state index is 0.100. The molecule has 5 heteroatoms. The molecule has 0 amide bonds. The summed E-state index contributed by atoms with van der Waals surface area (Å²) in [6.07, 6.45) is 6.13. The summed E-state index contributed by atoms with van der Waals surface area (Å²) in [5.74, 6) is 0.686. The number of nitrogens with zero attached hydrogens (tertiary/aromatic N) is 1. The Morgan fingerprint density at radius 3 is 2.71 bits per heavy atom. The summed E-state index contributed by atoms with van der Waals surface area (Å²) in [6, 6.07) is 5.10. The Balaban J connectivity index is 2.53. The molecule has 0 aliphatic heterocycles. The zero-order valence-electron chi connectivity index (χ0n) is 13.2. The summed E-state index contributed by atoms with van der Waals surface area (Å²) < 4.78 is 5.26. The van der Waals surface area contributed by atoms with Crippen LogP contribution in [0.3, 0.4) is 0 Å². The highest BCUT2D eigenvalue weighted by molar-refractivity contribution is 5.43. The fourth-order valence-corrected chi connectivity index (χ4v) is 2.28. The first-order valence-corrected chi connectivity index (χ1v) is 7.63. The average molecular weight is 294 g/mol. The number of nitro benzene ring substituents is 1. The predicted molar refractivity (Wildman–Crippen MR) is 84.7 cm³/mol. The van der Waals surface area contributed by atoms with Crippen molar-refractivity contribution in [1.82, 2.24) is 5.32 Å². The Hall–Kier alpha value is -1.62. The van der Waals surface area contributed by atoms with Gasteiger partial charge in [-0.3, -0.25) is 10.1 Å². The third-order valence-corrected chi connectivity index (χ3v) is 3.61. The first kappa shape index (κ1) is 17.4. The standard InChI is InChI=1S/C16H26N2O3/c1-4-5-6-7-8-13(2)17-12-14-11-15(18(19)20)9-10-16(14)21-3/h9-11,13,17H,4-8,12H2,1-3H3. The number of nitro groups is 1. The Morgan fingerprint density at radius 2 is 2.10 bits per heavy atom. The second-order valence-corrected chi connectivity index (χ2v) is 5.38. The van der Waals surface area contributed by atoms with Crippen molar-refractivity contribution in [2.24, 2.45) is 0 Å². The molecule has 1 aromatic rings. The number of rotatable bonds is 10. The van der Waals surface area contributed by atoms with E-state index < -0.39 is 0 Å². The Labute approximate surface area is 126 Å².